The second-order valence-electron chi connectivity index (χ2n) is 6.07. The molecule has 0 heterocycles. The van der Waals surface area contributed by atoms with Crippen LogP contribution in [-0.2, 0) is 4.57 Å². The lowest BCUT2D eigenvalue weighted by Gasteiger charge is -2.20. The summed E-state index contributed by atoms with van der Waals surface area (Å²) in [6.45, 7) is 4.17. The molecule has 0 saturated heterocycles. The van der Waals surface area contributed by atoms with Gasteiger partial charge in [-0.25, -0.2) is 0 Å². The molecule has 4 nitrogen and oxygen atoms in total. The summed E-state index contributed by atoms with van der Waals surface area (Å²) in [7, 11) is -3.94. The Morgan fingerprint density at radius 1 is 0.654 bits per heavy atom. The summed E-state index contributed by atoms with van der Waals surface area (Å²) in [5.74, 6) is 1.58. The monoisotopic (exact) mass is 368 g/mol. The Labute approximate surface area is 154 Å². The van der Waals surface area contributed by atoms with Crippen molar-refractivity contribution >= 4 is 7.82 Å². The number of benzene rings is 3. The van der Waals surface area contributed by atoms with Crippen LogP contribution >= 0.6 is 7.82 Å². The van der Waals surface area contributed by atoms with Crippen molar-refractivity contribution in [2.45, 2.75) is 19.8 Å². The Bertz CT molecular complexity index is 833. The molecule has 3 rings (SSSR count). The predicted octanol–water partition coefficient (Wildman–Crippen LogP) is 6.45. The van der Waals surface area contributed by atoms with Gasteiger partial charge in [-0.3, -0.25) is 0 Å². The van der Waals surface area contributed by atoms with E-state index in [1.165, 1.54) is 0 Å². The molecule has 26 heavy (non-hydrogen) atoms. The van der Waals surface area contributed by atoms with E-state index in [1.54, 1.807) is 54.6 Å². The van der Waals surface area contributed by atoms with Crippen LogP contribution in [0.5, 0.6) is 17.2 Å². The molecular weight excluding hydrogens is 347 g/mol. The maximum absolute atomic E-state index is 13.3. The third-order valence-electron chi connectivity index (χ3n) is 3.66. The lowest BCUT2D eigenvalue weighted by atomic mass is 10.0. The Hall–Kier alpha value is -2.71. The molecule has 0 radical (unpaired) electrons. The first-order valence-electron chi connectivity index (χ1n) is 8.43. The van der Waals surface area contributed by atoms with E-state index in [-0.39, 0.29) is 0 Å². The van der Waals surface area contributed by atoms with Crippen molar-refractivity contribution in [3.63, 3.8) is 0 Å². The van der Waals surface area contributed by atoms with Crippen LogP contribution in [0, 0.1) is 0 Å². The highest BCUT2D eigenvalue weighted by atomic mass is 31.2. The summed E-state index contributed by atoms with van der Waals surface area (Å²) in [4.78, 5) is 0. The van der Waals surface area contributed by atoms with Crippen LogP contribution in [0.1, 0.15) is 25.3 Å². The Balaban J connectivity index is 1.89. The lowest BCUT2D eigenvalue weighted by Crippen LogP contribution is -2.07. The minimum Gasteiger partial charge on any atom is -0.386 e. The lowest BCUT2D eigenvalue weighted by molar-refractivity contribution is 0.298. The fourth-order valence-corrected chi connectivity index (χ4v) is 3.58. The Morgan fingerprint density at radius 2 is 1.12 bits per heavy atom. The topological polar surface area (TPSA) is 44.8 Å². The van der Waals surface area contributed by atoms with Gasteiger partial charge < -0.3 is 13.6 Å². The zero-order valence-corrected chi connectivity index (χ0v) is 15.6. The third-order valence-corrected chi connectivity index (χ3v) is 4.97. The van der Waals surface area contributed by atoms with Gasteiger partial charge >= 0.3 is 7.82 Å². The zero-order chi connectivity index (χ0) is 18.4. The van der Waals surface area contributed by atoms with E-state index in [0.29, 0.717) is 23.2 Å². The molecule has 0 atom stereocenters. The van der Waals surface area contributed by atoms with Gasteiger partial charge in [0.15, 0.2) is 0 Å². The molecule has 3 aromatic carbocycles. The van der Waals surface area contributed by atoms with Crippen LogP contribution in [0.15, 0.2) is 84.9 Å². The SMILES string of the molecule is CC(C)c1cccc(OP(=O)(Oc2ccccc2)Oc2ccccc2)c1. The average molecular weight is 368 g/mol. The van der Waals surface area contributed by atoms with Crippen molar-refractivity contribution in [2.75, 3.05) is 0 Å². The fourth-order valence-electron chi connectivity index (χ4n) is 2.34. The first kappa shape index (κ1) is 18.1. The number of rotatable bonds is 7. The largest absolute Gasteiger partial charge is 0.647 e. The summed E-state index contributed by atoms with van der Waals surface area (Å²) in [6, 6.07) is 25.1. The number of phosphoric acid groups is 1. The molecule has 0 bridgehead atoms. The fraction of sp³-hybridized carbons (Fsp3) is 0.143. The van der Waals surface area contributed by atoms with E-state index in [9.17, 15) is 4.57 Å². The highest BCUT2D eigenvalue weighted by Crippen LogP contribution is 2.49. The number of hydrogen-bond donors (Lipinski definition) is 0. The maximum atomic E-state index is 13.3. The first-order valence-corrected chi connectivity index (χ1v) is 9.89. The first-order chi connectivity index (χ1) is 12.5. The van der Waals surface area contributed by atoms with Gasteiger partial charge in [0.1, 0.15) is 17.2 Å². The minimum absolute atomic E-state index is 0.322. The summed E-state index contributed by atoms with van der Waals surface area (Å²) >= 11 is 0. The van der Waals surface area contributed by atoms with Crippen LogP contribution in [0.2, 0.25) is 0 Å². The van der Waals surface area contributed by atoms with Crippen molar-refractivity contribution < 1.29 is 18.1 Å². The van der Waals surface area contributed by atoms with E-state index in [4.69, 9.17) is 13.6 Å². The summed E-state index contributed by atoms with van der Waals surface area (Å²) < 4.78 is 30.3. The Morgan fingerprint density at radius 3 is 1.62 bits per heavy atom. The van der Waals surface area contributed by atoms with E-state index in [2.05, 4.69) is 13.8 Å². The van der Waals surface area contributed by atoms with Crippen LogP contribution in [0.25, 0.3) is 0 Å². The highest BCUT2D eigenvalue weighted by molar-refractivity contribution is 7.49. The van der Waals surface area contributed by atoms with E-state index in [0.717, 1.165) is 5.56 Å². The predicted molar refractivity (Wildman–Crippen MR) is 103 cm³/mol. The van der Waals surface area contributed by atoms with E-state index >= 15 is 0 Å². The summed E-state index contributed by atoms with van der Waals surface area (Å²) in [5, 5.41) is 0. The van der Waals surface area contributed by atoms with Gasteiger partial charge in [-0.1, -0.05) is 62.4 Å². The van der Waals surface area contributed by atoms with Crippen molar-refractivity contribution in [1.29, 1.82) is 0 Å². The quantitative estimate of drug-likeness (QED) is 0.449. The molecule has 0 aromatic heterocycles. The summed E-state index contributed by atoms with van der Waals surface area (Å²) in [5.41, 5.74) is 1.08. The molecule has 0 fully saturated rings. The molecule has 5 heteroatoms. The molecule has 0 aliphatic carbocycles. The minimum atomic E-state index is -3.94. The smallest absolute Gasteiger partial charge is 0.386 e. The number of hydrogen-bond acceptors (Lipinski definition) is 4. The van der Waals surface area contributed by atoms with Crippen LogP contribution in [0.3, 0.4) is 0 Å². The normalized spacial score (nSPS) is 11.2. The molecule has 0 unspecified atom stereocenters. The second-order valence-corrected chi connectivity index (χ2v) is 7.52. The third kappa shape index (κ3) is 4.90. The molecule has 3 aromatic rings. The van der Waals surface area contributed by atoms with Crippen molar-refractivity contribution in [2.24, 2.45) is 0 Å². The van der Waals surface area contributed by atoms with Gasteiger partial charge in [-0.15, -0.1) is 0 Å². The molecule has 0 spiro atoms. The standard InChI is InChI=1S/C21H21O4P/c1-17(2)18-10-9-15-21(16-18)25-26(22,23-19-11-5-3-6-12-19)24-20-13-7-4-8-14-20/h3-17H,1-2H3. The zero-order valence-electron chi connectivity index (χ0n) is 14.7. The van der Waals surface area contributed by atoms with E-state index in [1.807, 2.05) is 30.3 Å². The highest BCUT2D eigenvalue weighted by Gasteiger charge is 2.33. The molecular formula is C21H21O4P. The Kier molecular flexibility index (Phi) is 5.65. The van der Waals surface area contributed by atoms with Gasteiger partial charge in [0.25, 0.3) is 0 Å². The van der Waals surface area contributed by atoms with Crippen LogP contribution < -0.4 is 13.6 Å². The van der Waals surface area contributed by atoms with Crippen molar-refractivity contribution in [3.05, 3.63) is 90.5 Å². The molecule has 0 aliphatic rings. The average Bonchev–Trinajstić information content (AvgIpc) is 2.63. The van der Waals surface area contributed by atoms with E-state index < -0.39 is 7.82 Å². The maximum Gasteiger partial charge on any atom is 0.647 e. The van der Waals surface area contributed by atoms with Gasteiger partial charge in [0, 0.05) is 0 Å². The van der Waals surface area contributed by atoms with Gasteiger partial charge in [-0.05, 0) is 47.9 Å². The van der Waals surface area contributed by atoms with Gasteiger partial charge in [0.2, 0.25) is 0 Å². The molecule has 0 aliphatic heterocycles. The molecule has 0 amide bonds. The van der Waals surface area contributed by atoms with Crippen molar-refractivity contribution in [1.82, 2.24) is 0 Å². The van der Waals surface area contributed by atoms with Crippen molar-refractivity contribution in [3.8, 4) is 17.2 Å². The number of phosphoric ester groups is 1. The van der Waals surface area contributed by atoms with Gasteiger partial charge in [-0.2, -0.15) is 4.57 Å². The second kappa shape index (κ2) is 8.11. The molecule has 0 saturated carbocycles. The molecule has 0 N–H and O–H groups in total. The van der Waals surface area contributed by atoms with Crippen LogP contribution in [0.4, 0.5) is 0 Å². The molecule has 134 valence electrons. The summed E-state index contributed by atoms with van der Waals surface area (Å²) in [6.07, 6.45) is 0. The number of para-hydroxylation sites is 2. The van der Waals surface area contributed by atoms with Gasteiger partial charge in [0.05, 0.1) is 0 Å². The van der Waals surface area contributed by atoms with Crippen LogP contribution in [-0.4, -0.2) is 0 Å².